The smallest absolute Gasteiger partial charge is 0.0895 e. The number of thiocarbonyl (C=S) groups is 2. The maximum Gasteiger partial charge on any atom is 0.0895 e. The summed E-state index contributed by atoms with van der Waals surface area (Å²) in [5.74, 6) is 1.85. The van der Waals surface area contributed by atoms with Gasteiger partial charge in [0.15, 0.2) is 0 Å². The lowest BCUT2D eigenvalue weighted by Crippen LogP contribution is -2.11. The van der Waals surface area contributed by atoms with Crippen molar-refractivity contribution in [2.24, 2.45) is 31.8 Å². The van der Waals surface area contributed by atoms with Gasteiger partial charge in [0, 0.05) is 13.1 Å². The van der Waals surface area contributed by atoms with Crippen molar-refractivity contribution in [2.75, 3.05) is 13.1 Å². The van der Waals surface area contributed by atoms with Crippen molar-refractivity contribution < 1.29 is 0 Å². The maximum atomic E-state index is 5.63. The van der Waals surface area contributed by atoms with E-state index in [0.29, 0.717) is 12.1 Å². The fraction of sp³-hybridized carbons (Fsp3) is 0.905. The third kappa shape index (κ3) is 21.9. The lowest BCUT2D eigenvalue weighted by molar-refractivity contribution is 0.367. The first-order valence-electron chi connectivity index (χ1n) is 20.9. The molecule has 4 nitrogen and oxygen atoms in total. The van der Waals surface area contributed by atoms with Crippen molar-refractivity contribution in [3.8, 4) is 0 Å². The monoisotopic (exact) mass is 697 g/mol. The first-order valence-corrected chi connectivity index (χ1v) is 21.8. The van der Waals surface area contributed by atoms with Gasteiger partial charge in [-0.2, -0.15) is 0 Å². The summed E-state index contributed by atoms with van der Waals surface area (Å²) in [6.07, 6.45) is 42.3. The van der Waals surface area contributed by atoms with Gasteiger partial charge < -0.3 is 0 Å². The highest BCUT2D eigenvalue weighted by Crippen LogP contribution is 2.29. The molecule has 0 aliphatic heterocycles. The lowest BCUT2D eigenvalue weighted by atomic mass is 9.85. The Morgan fingerprint density at radius 2 is 0.750 bits per heavy atom. The van der Waals surface area contributed by atoms with Gasteiger partial charge in [0.25, 0.3) is 0 Å². The van der Waals surface area contributed by atoms with E-state index in [-0.39, 0.29) is 0 Å². The fourth-order valence-electron chi connectivity index (χ4n) is 8.13. The molecule has 0 unspecified atom stereocenters. The van der Waals surface area contributed by atoms with Crippen LogP contribution >= 0.6 is 24.4 Å². The molecule has 0 amide bonds. The van der Waals surface area contributed by atoms with Gasteiger partial charge in [0.1, 0.15) is 0 Å². The number of aliphatic imine (C=N–C) groups is 4. The minimum Gasteiger partial charge on any atom is -0.226 e. The average molecular weight is 697 g/mol. The molecule has 0 atom stereocenters. The highest BCUT2D eigenvalue weighted by atomic mass is 32.1. The molecule has 0 N–H and O–H groups in total. The second kappa shape index (κ2) is 28.6. The van der Waals surface area contributed by atoms with E-state index in [1.54, 1.807) is 0 Å². The van der Waals surface area contributed by atoms with Crippen molar-refractivity contribution in [3.63, 3.8) is 0 Å². The molecule has 0 heterocycles. The Labute approximate surface area is 307 Å². The Morgan fingerprint density at radius 1 is 0.417 bits per heavy atom. The Balaban J connectivity index is 0.000000261. The Kier molecular flexibility index (Phi) is 24.7. The average Bonchev–Trinajstić information content (AvgIpc) is 3.12. The van der Waals surface area contributed by atoms with Crippen LogP contribution in [0.15, 0.2) is 20.0 Å². The van der Waals surface area contributed by atoms with Crippen molar-refractivity contribution in [1.82, 2.24) is 0 Å². The molecule has 0 spiro atoms. The first-order chi connectivity index (χ1) is 23.7. The van der Waals surface area contributed by atoms with E-state index in [2.05, 4.69) is 32.0 Å². The van der Waals surface area contributed by atoms with Crippen molar-refractivity contribution in [3.05, 3.63) is 0 Å². The number of unbranched alkanes of at least 4 members (excludes halogenated alkanes) is 6. The molecule has 0 aromatic carbocycles. The lowest BCUT2D eigenvalue weighted by Gasteiger charge is -2.21. The zero-order valence-corrected chi connectivity index (χ0v) is 32.6. The molecule has 0 radical (unpaired) electrons. The maximum absolute atomic E-state index is 5.63. The van der Waals surface area contributed by atoms with Gasteiger partial charge in [0.05, 0.1) is 24.1 Å². The largest absolute Gasteiger partial charge is 0.226 e. The van der Waals surface area contributed by atoms with Crippen LogP contribution in [0.25, 0.3) is 0 Å². The number of hydrogen-bond acceptors (Lipinski definition) is 6. The molecule has 0 aromatic rings. The summed E-state index contributed by atoms with van der Waals surface area (Å²) >= 11 is 11.3. The molecule has 0 saturated heterocycles. The van der Waals surface area contributed by atoms with E-state index in [1.807, 2.05) is 0 Å². The van der Waals surface area contributed by atoms with Crippen LogP contribution in [0.3, 0.4) is 0 Å². The van der Waals surface area contributed by atoms with Crippen molar-refractivity contribution in [1.29, 1.82) is 0 Å². The summed E-state index contributed by atoms with van der Waals surface area (Å²) in [4.78, 5) is 20.1. The molecule has 4 aliphatic carbocycles. The van der Waals surface area contributed by atoms with Crippen LogP contribution in [0.4, 0.5) is 0 Å². The number of nitrogens with zero attached hydrogens (tertiary/aromatic N) is 4. The molecule has 0 aromatic heterocycles. The van der Waals surface area contributed by atoms with E-state index in [9.17, 15) is 0 Å². The van der Waals surface area contributed by atoms with E-state index in [0.717, 1.165) is 44.2 Å². The van der Waals surface area contributed by atoms with Crippen molar-refractivity contribution in [2.45, 2.75) is 218 Å². The summed E-state index contributed by atoms with van der Waals surface area (Å²) in [6, 6.07) is 6.79. The summed E-state index contributed by atoms with van der Waals surface area (Å²) in [5.41, 5.74) is 0. The van der Waals surface area contributed by atoms with Gasteiger partial charge in [-0.15, -0.1) is 0 Å². The Hall–Kier alpha value is -1.06. The topological polar surface area (TPSA) is 49.4 Å². The van der Waals surface area contributed by atoms with Gasteiger partial charge in [-0.3, -0.25) is 0 Å². The zero-order chi connectivity index (χ0) is 33.7. The Morgan fingerprint density at radius 3 is 1.15 bits per heavy atom. The van der Waals surface area contributed by atoms with Crippen LogP contribution in [-0.4, -0.2) is 46.9 Å². The molecule has 0 bridgehead atoms. The highest BCUT2D eigenvalue weighted by molar-refractivity contribution is 7.80. The quantitative estimate of drug-likeness (QED) is 0.0723. The van der Waals surface area contributed by atoms with E-state index >= 15 is 0 Å². The molecule has 4 saturated carbocycles. The zero-order valence-electron chi connectivity index (χ0n) is 31.0. The molecular formula is C42H72N4S2. The van der Waals surface area contributed by atoms with Gasteiger partial charge in [0.2, 0.25) is 0 Å². The molecular weight excluding hydrogens is 625 g/mol. The van der Waals surface area contributed by atoms with Crippen LogP contribution in [0.5, 0.6) is 0 Å². The Bertz CT molecular complexity index is 880. The third-order valence-electron chi connectivity index (χ3n) is 11.2. The van der Waals surface area contributed by atoms with Gasteiger partial charge in [-0.25, -0.2) is 20.0 Å². The summed E-state index contributed by atoms with van der Waals surface area (Å²) in [5, 5.41) is 0. The molecule has 4 aliphatic rings. The van der Waals surface area contributed by atoms with Crippen LogP contribution in [0.2, 0.25) is 0 Å². The molecule has 48 heavy (non-hydrogen) atoms. The fourth-order valence-corrected chi connectivity index (χ4v) is 8.89. The second-order valence-electron chi connectivity index (χ2n) is 15.6. The van der Waals surface area contributed by atoms with E-state index < -0.39 is 0 Å². The number of rotatable bonds is 20. The molecule has 272 valence electrons. The predicted octanol–water partition coefficient (Wildman–Crippen LogP) is 13.6. The minimum atomic E-state index is 0.491. The summed E-state index contributed by atoms with van der Waals surface area (Å²) in [7, 11) is 0. The van der Waals surface area contributed by atoms with Gasteiger partial charge in [-0.1, -0.05) is 146 Å². The van der Waals surface area contributed by atoms with Crippen LogP contribution in [-0.2, 0) is 0 Å². The van der Waals surface area contributed by atoms with Crippen LogP contribution in [0.1, 0.15) is 205 Å². The molecule has 4 fully saturated rings. The third-order valence-corrected chi connectivity index (χ3v) is 11.9. The van der Waals surface area contributed by atoms with Gasteiger partial charge >= 0.3 is 0 Å². The number of hydrogen-bond donors (Lipinski definition) is 0. The standard InChI is InChI=1S/C23H40S2.C19H32N4/c24-22(18-20-12-6-4-7-13-20)16-10-2-1-3-11-17-23(25)19-21-14-8-5-9-15-21;1-4-10-18(11-5-1)22-16-20-14-8-3-9-15-21-17-23-19-12-6-2-7-13-19/h20-21H,1-19H2;18-19H,1-15H2. The van der Waals surface area contributed by atoms with Crippen molar-refractivity contribution >= 4 is 46.2 Å². The molecule has 4 rings (SSSR count). The second-order valence-corrected chi connectivity index (χ2v) is 16.8. The van der Waals surface area contributed by atoms with Crippen LogP contribution < -0.4 is 0 Å². The van der Waals surface area contributed by atoms with Gasteiger partial charge in [-0.05, 0) is 105 Å². The first kappa shape index (κ1) is 41.4. The summed E-state index contributed by atoms with van der Waals surface area (Å²) < 4.78 is 0. The van der Waals surface area contributed by atoms with E-state index in [1.165, 1.54) is 196 Å². The minimum absolute atomic E-state index is 0.491. The molecule has 6 heteroatoms. The predicted molar refractivity (Wildman–Crippen MR) is 217 cm³/mol. The SMILES string of the molecule is C(=NCCCCCN=C=NC1CCCCC1)=NC1CCCCC1.S=C(CCCCCCCC(=S)CC1CCCCC1)CC1CCCCC1. The van der Waals surface area contributed by atoms with E-state index in [4.69, 9.17) is 24.4 Å². The normalized spacial score (nSPS) is 19.7. The summed E-state index contributed by atoms with van der Waals surface area (Å²) in [6.45, 7) is 1.69. The highest BCUT2D eigenvalue weighted by Gasteiger charge is 2.16. The van der Waals surface area contributed by atoms with Crippen LogP contribution in [0, 0.1) is 11.8 Å².